The van der Waals surface area contributed by atoms with Crippen molar-refractivity contribution < 1.29 is 23.5 Å². The summed E-state index contributed by atoms with van der Waals surface area (Å²) >= 11 is 0. The molecule has 0 fully saturated rings. The molecule has 0 unspecified atom stereocenters. The Hall–Kier alpha value is -3.38. The van der Waals surface area contributed by atoms with Crippen molar-refractivity contribution >= 4 is 11.9 Å². The first-order valence-corrected chi connectivity index (χ1v) is 8.76. The highest BCUT2D eigenvalue weighted by Gasteiger charge is 2.16. The monoisotopic (exact) mass is 379 g/mol. The third-order valence-corrected chi connectivity index (χ3v) is 4.19. The van der Waals surface area contributed by atoms with Crippen LogP contribution in [0.3, 0.4) is 0 Å². The van der Waals surface area contributed by atoms with E-state index in [-0.39, 0.29) is 11.1 Å². The molecule has 0 amide bonds. The van der Waals surface area contributed by atoms with Crippen LogP contribution in [0.4, 0.5) is 0 Å². The van der Waals surface area contributed by atoms with Gasteiger partial charge in [-0.3, -0.25) is 0 Å². The van der Waals surface area contributed by atoms with E-state index in [2.05, 4.69) is 5.32 Å². The molecule has 0 radical (unpaired) electrons. The molecule has 0 aliphatic heterocycles. The minimum absolute atomic E-state index is 0.251. The average molecular weight is 379 g/mol. The van der Waals surface area contributed by atoms with Gasteiger partial charge in [-0.25, -0.2) is 9.59 Å². The Kier molecular flexibility index (Phi) is 6.24. The molecule has 0 saturated carbocycles. The Balaban J connectivity index is 1.77. The average Bonchev–Trinajstić information content (AvgIpc) is 3.22. The van der Waals surface area contributed by atoms with Crippen molar-refractivity contribution in [2.75, 3.05) is 14.2 Å². The second kappa shape index (κ2) is 9.01. The van der Waals surface area contributed by atoms with E-state index in [0.29, 0.717) is 17.9 Å². The fourth-order valence-corrected chi connectivity index (χ4v) is 2.80. The van der Waals surface area contributed by atoms with Gasteiger partial charge in [0.25, 0.3) is 0 Å². The number of carbonyl (C=O) groups is 2. The zero-order chi connectivity index (χ0) is 19.9. The molecule has 1 heterocycles. The van der Waals surface area contributed by atoms with E-state index in [0.717, 1.165) is 12.3 Å². The number of carbonyl (C=O) groups excluding carboxylic acids is 2. The third kappa shape index (κ3) is 4.66. The van der Waals surface area contributed by atoms with Crippen LogP contribution in [0, 0.1) is 0 Å². The summed E-state index contributed by atoms with van der Waals surface area (Å²) in [6, 6.07) is 18.4. The van der Waals surface area contributed by atoms with Gasteiger partial charge in [0.05, 0.1) is 31.9 Å². The molecule has 3 aromatic rings. The van der Waals surface area contributed by atoms with Crippen molar-refractivity contribution in [2.45, 2.75) is 13.1 Å². The lowest BCUT2D eigenvalue weighted by Crippen LogP contribution is -2.11. The molecule has 144 valence electrons. The second-order valence-electron chi connectivity index (χ2n) is 6.14. The van der Waals surface area contributed by atoms with Crippen molar-refractivity contribution in [3.8, 4) is 11.3 Å². The van der Waals surface area contributed by atoms with Crippen LogP contribution < -0.4 is 5.32 Å². The minimum Gasteiger partial charge on any atom is -0.465 e. The molecule has 0 aliphatic rings. The van der Waals surface area contributed by atoms with Gasteiger partial charge in [-0.1, -0.05) is 30.3 Å². The summed E-state index contributed by atoms with van der Waals surface area (Å²) in [6.45, 7) is 1.27. The van der Waals surface area contributed by atoms with Crippen molar-refractivity contribution in [2.24, 2.45) is 0 Å². The molecule has 1 N–H and O–H groups in total. The predicted octanol–water partition coefficient (Wildman–Crippen LogP) is 3.81. The maximum atomic E-state index is 11.9. The quantitative estimate of drug-likeness (QED) is 0.629. The lowest BCUT2D eigenvalue weighted by atomic mass is 10.0. The van der Waals surface area contributed by atoms with Crippen molar-refractivity contribution in [3.63, 3.8) is 0 Å². The van der Waals surface area contributed by atoms with E-state index in [1.807, 2.05) is 36.4 Å². The van der Waals surface area contributed by atoms with Crippen LogP contribution in [-0.4, -0.2) is 26.2 Å². The van der Waals surface area contributed by atoms with Gasteiger partial charge in [-0.2, -0.15) is 0 Å². The standard InChI is InChI=1S/C22H21NO5/c1-26-21(24)17-10-16(11-18(12-17)22(25)27-2)20-9-8-19(28-20)14-23-13-15-6-4-3-5-7-15/h3-12,23H,13-14H2,1-2H3. The van der Waals surface area contributed by atoms with E-state index in [1.165, 1.54) is 25.8 Å². The fourth-order valence-electron chi connectivity index (χ4n) is 2.80. The summed E-state index contributed by atoms with van der Waals surface area (Å²) < 4.78 is 15.4. The molecule has 6 heteroatoms. The summed E-state index contributed by atoms with van der Waals surface area (Å²) in [5.74, 6) is 0.216. The summed E-state index contributed by atoms with van der Waals surface area (Å²) in [5, 5.41) is 3.32. The molecular formula is C22H21NO5. The number of ether oxygens (including phenoxy) is 2. The van der Waals surface area contributed by atoms with Crippen LogP contribution in [0.5, 0.6) is 0 Å². The predicted molar refractivity (Wildman–Crippen MR) is 104 cm³/mol. The molecule has 0 saturated heterocycles. The number of methoxy groups -OCH3 is 2. The third-order valence-electron chi connectivity index (χ3n) is 4.19. The van der Waals surface area contributed by atoms with Crippen LogP contribution in [-0.2, 0) is 22.6 Å². The zero-order valence-electron chi connectivity index (χ0n) is 15.7. The molecule has 0 bridgehead atoms. The van der Waals surface area contributed by atoms with E-state index < -0.39 is 11.9 Å². The van der Waals surface area contributed by atoms with Crippen LogP contribution in [0.25, 0.3) is 11.3 Å². The van der Waals surface area contributed by atoms with Crippen LogP contribution in [0.15, 0.2) is 65.1 Å². The number of rotatable bonds is 7. The van der Waals surface area contributed by atoms with Crippen LogP contribution in [0.2, 0.25) is 0 Å². The highest BCUT2D eigenvalue weighted by atomic mass is 16.5. The van der Waals surface area contributed by atoms with Gasteiger partial charge in [-0.05, 0) is 35.9 Å². The maximum Gasteiger partial charge on any atom is 0.337 e. The molecule has 0 aliphatic carbocycles. The zero-order valence-corrected chi connectivity index (χ0v) is 15.7. The molecule has 3 rings (SSSR count). The summed E-state index contributed by atoms with van der Waals surface area (Å²) in [7, 11) is 2.58. The fraction of sp³-hybridized carbons (Fsp3) is 0.182. The number of esters is 2. The Morgan fingerprint density at radius 2 is 1.50 bits per heavy atom. The first-order valence-electron chi connectivity index (χ1n) is 8.76. The highest BCUT2D eigenvalue weighted by molar-refractivity contribution is 5.97. The van der Waals surface area contributed by atoms with Crippen LogP contribution >= 0.6 is 0 Å². The second-order valence-corrected chi connectivity index (χ2v) is 6.14. The summed E-state index contributed by atoms with van der Waals surface area (Å²) in [5.41, 5.74) is 2.28. The Labute approximate surface area is 163 Å². The van der Waals surface area contributed by atoms with Gasteiger partial charge in [0, 0.05) is 12.1 Å². The van der Waals surface area contributed by atoms with Gasteiger partial charge >= 0.3 is 11.9 Å². The van der Waals surface area contributed by atoms with E-state index >= 15 is 0 Å². The normalized spacial score (nSPS) is 10.5. The number of hydrogen-bond acceptors (Lipinski definition) is 6. The smallest absolute Gasteiger partial charge is 0.337 e. The lowest BCUT2D eigenvalue weighted by molar-refractivity contribution is 0.0599. The van der Waals surface area contributed by atoms with Crippen molar-refractivity contribution in [1.82, 2.24) is 5.32 Å². The Morgan fingerprint density at radius 1 is 0.857 bits per heavy atom. The van der Waals surface area contributed by atoms with Crippen LogP contribution in [0.1, 0.15) is 32.0 Å². The molecule has 1 aromatic heterocycles. The molecule has 2 aromatic carbocycles. The Morgan fingerprint density at radius 3 is 2.11 bits per heavy atom. The summed E-state index contributed by atoms with van der Waals surface area (Å²) in [6.07, 6.45) is 0. The SMILES string of the molecule is COC(=O)c1cc(C(=O)OC)cc(-c2ccc(CNCc3ccccc3)o2)c1. The minimum atomic E-state index is -0.539. The first kappa shape index (κ1) is 19.4. The maximum absolute atomic E-state index is 11.9. The Bertz CT molecular complexity index is 928. The van der Waals surface area contributed by atoms with Gasteiger partial charge in [0.1, 0.15) is 11.5 Å². The van der Waals surface area contributed by atoms with E-state index in [9.17, 15) is 9.59 Å². The molecule has 0 spiro atoms. The van der Waals surface area contributed by atoms with Crippen molar-refractivity contribution in [3.05, 3.63) is 83.1 Å². The lowest BCUT2D eigenvalue weighted by Gasteiger charge is -2.07. The topological polar surface area (TPSA) is 77.8 Å². The van der Waals surface area contributed by atoms with Gasteiger partial charge in [0.2, 0.25) is 0 Å². The van der Waals surface area contributed by atoms with E-state index in [1.54, 1.807) is 18.2 Å². The van der Waals surface area contributed by atoms with E-state index in [4.69, 9.17) is 13.9 Å². The number of nitrogens with one attached hydrogen (secondary N) is 1. The highest BCUT2D eigenvalue weighted by Crippen LogP contribution is 2.25. The number of hydrogen-bond donors (Lipinski definition) is 1. The molecule has 6 nitrogen and oxygen atoms in total. The van der Waals surface area contributed by atoms with Gasteiger partial charge < -0.3 is 19.2 Å². The molecule has 0 atom stereocenters. The van der Waals surface area contributed by atoms with Gasteiger partial charge in [0.15, 0.2) is 0 Å². The molecule has 28 heavy (non-hydrogen) atoms. The first-order chi connectivity index (χ1) is 13.6. The van der Waals surface area contributed by atoms with Crippen molar-refractivity contribution in [1.29, 1.82) is 0 Å². The van der Waals surface area contributed by atoms with Gasteiger partial charge in [-0.15, -0.1) is 0 Å². The number of benzene rings is 2. The molecular weight excluding hydrogens is 358 g/mol. The number of furan rings is 1. The summed E-state index contributed by atoms with van der Waals surface area (Å²) in [4.78, 5) is 23.9. The largest absolute Gasteiger partial charge is 0.465 e.